The average Bonchev–Trinajstić information content (AvgIpc) is 2.08. The lowest BCUT2D eigenvalue weighted by molar-refractivity contribution is 0.283. The van der Waals surface area contributed by atoms with E-state index in [1.165, 1.54) is 0 Å². The van der Waals surface area contributed by atoms with E-state index in [1.807, 2.05) is 0 Å². The molecule has 3 nitrogen and oxygen atoms in total. The van der Waals surface area contributed by atoms with Crippen LogP contribution in [0.4, 0.5) is 0 Å². The van der Waals surface area contributed by atoms with Gasteiger partial charge in [-0.2, -0.15) is 0 Å². The second kappa shape index (κ2) is 8.21. The maximum absolute atomic E-state index is 8.57. The van der Waals surface area contributed by atoms with Crippen LogP contribution in [0.15, 0.2) is 0 Å². The highest BCUT2D eigenvalue weighted by molar-refractivity contribution is 4.70. The van der Waals surface area contributed by atoms with Crippen molar-refractivity contribution < 1.29 is 5.11 Å². The van der Waals surface area contributed by atoms with E-state index in [0.717, 1.165) is 38.9 Å². The zero-order valence-electron chi connectivity index (χ0n) is 9.90. The smallest absolute Gasteiger partial charge is 0.0431 e. The fourth-order valence-corrected chi connectivity index (χ4v) is 1.19. The monoisotopic (exact) mass is 202 g/mol. The van der Waals surface area contributed by atoms with Crippen LogP contribution in [0, 0.1) is 0 Å². The lowest BCUT2D eigenvalue weighted by Crippen LogP contribution is -2.40. The molecular formula is C11H26N2O. The van der Waals surface area contributed by atoms with E-state index in [-0.39, 0.29) is 5.54 Å². The first-order valence-electron chi connectivity index (χ1n) is 5.63. The molecule has 3 heteroatoms. The second-order valence-electron chi connectivity index (χ2n) is 4.71. The van der Waals surface area contributed by atoms with Gasteiger partial charge in [0, 0.05) is 25.2 Å². The summed E-state index contributed by atoms with van der Waals surface area (Å²) >= 11 is 0. The minimum absolute atomic E-state index is 0.221. The van der Waals surface area contributed by atoms with Crippen LogP contribution >= 0.6 is 0 Å². The van der Waals surface area contributed by atoms with Crippen molar-refractivity contribution in [3.63, 3.8) is 0 Å². The lowest BCUT2D eigenvalue weighted by Gasteiger charge is -2.20. The molecule has 0 atom stereocenters. The van der Waals surface area contributed by atoms with Gasteiger partial charge in [-0.15, -0.1) is 0 Å². The van der Waals surface area contributed by atoms with Gasteiger partial charge in [0.1, 0.15) is 0 Å². The van der Waals surface area contributed by atoms with Gasteiger partial charge < -0.3 is 15.7 Å². The van der Waals surface area contributed by atoms with Crippen molar-refractivity contribution >= 4 is 0 Å². The minimum Gasteiger partial charge on any atom is -0.396 e. The van der Waals surface area contributed by atoms with Crippen molar-refractivity contribution in [3.8, 4) is 0 Å². The molecule has 0 amide bonds. The third kappa shape index (κ3) is 11.9. The summed E-state index contributed by atoms with van der Waals surface area (Å²) in [7, 11) is 0. The van der Waals surface area contributed by atoms with Crippen LogP contribution in [0.25, 0.3) is 0 Å². The molecule has 0 unspecified atom stereocenters. The highest BCUT2D eigenvalue weighted by Crippen LogP contribution is 1.96. The Balaban J connectivity index is 2.99. The van der Waals surface area contributed by atoms with Crippen molar-refractivity contribution in [3.05, 3.63) is 0 Å². The highest BCUT2D eigenvalue weighted by Gasteiger charge is 2.06. The van der Waals surface area contributed by atoms with Crippen molar-refractivity contribution in [2.24, 2.45) is 0 Å². The van der Waals surface area contributed by atoms with Gasteiger partial charge in [-0.1, -0.05) is 0 Å². The molecule has 0 fully saturated rings. The van der Waals surface area contributed by atoms with Crippen molar-refractivity contribution in [1.82, 2.24) is 10.6 Å². The van der Waals surface area contributed by atoms with Crippen LogP contribution in [0.2, 0.25) is 0 Å². The topological polar surface area (TPSA) is 44.3 Å². The number of aliphatic hydroxyl groups is 1. The number of hydrogen-bond donors (Lipinski definition) is 3. The Morgan fingerprint density at radius 3 is 2.21 bits per heavy atom. The number of hydrogen-bond acceptors (Lipinski definition) is 3. The van der Waals surface area contributed by atoms with Crippen LogP contribution < -0.4 is 10.6 Å². The van der Waals surface area contributed by atoms with E-state index in [1.54, 1.807) is 0 Å². The Bertz CT molecular complexity index is 121. The fourth-order valence-electron chi connectivity index (χ4n) is 1.19. The van der Waals surface area contributed by atoms with Gasteiger partial charge in [0.15, 0.2) is 0 Å². The largest absolute Gasteiger partial charge is 0.396 e. The summed E-state index contributed by atoms with van der Waals surface area (Å²) in [5.74, 6) is 0. The van der Waals surface area contributed by atoms with E-state index < -0.39 is 0 Å². The van der Waals surface area contributed by atoms with Gasteiger partial charge in [-0.3, -0.25) is 0 Å². The molecule has 0 spiro atoms. The summed E-state index contributed by atoms with van der Waals surface area (Å²) in [6.45, 7) is 9.95. The fraction of sp³-hybridized carbons (Fsp3) is 1.00. The van der Waals surface area contributed by atoms with Crippen molar-refractivity contribution in [2.75, 3.05) is 26.2 Å². The Morgan fingerprint density at radius 2 is 1.64 bits per heavy atom. The zero-order chi connectivity index (χ0) is 10.9. The van der Waals surface area contributed by atoms with Crippen LogP contribution in [0.5, 0.6) is 0 Å². The van der Waals surface area contributed by atoms with Crippen LogP contribution in [0.1, 0.15) is 40.0 Å². The van der Waals surface area contributed by atoms with Gasteiger partial charge >= 0.3 is 0 Å². The minimum atomic E-state index is 0.221. The molecule has 0 aliphatic heterocycles. The summed E-state index contributed by atoms with van der Waals surface area (Å²) in [4.78, 5) is 0. The average molecular weight is 202 g/mol. The molecule has 0 aromatic heterocycles. The van der Waals surface area contributed by atoms with Gasteiger partial charge in [-0.25, -0.2) is 0 Å². The van der Waals surface area contributed by atoms with E-state index in [0.29, 0.717) is 6.61 Å². The standard InChI is InChI=1S/C11H26N2O/c1-11(2,3)13-9-8-12-7-5-4-6-10-14/h12-14H,4-10H2,1-3H3. The molecule has 0 radical (unpaired) electrons. The second-order valence-corrected chi connectivity index (χ2v) is 4.71. The highest BCUT2D eigenvalue weighted by atomic mass is 16.2. The number of aliphatic hydroxyl groups excluding tert-OH is 1. The van der Waals surface area contributed by atoms with Gasteiger partial charge in [0.05, 0.1) is 0 Å². The Labute approximate surface area is 88.3 Å². The number of unbranched alkanes of at least 4 members (excludes halogenated alkanes) is 2. The maximum atomic E-state index is 8.57. The molecule has 3 N–H and O–H groups in total. The molecule has 14 heavy (non-hydrogen) atoms. The molecule has 0 bridgehead atoms. The molecule has 0 saturated heterocycles. The van der Waals surface area contributed by atoms with Gasteiger partial charge in [0.2, 0.25) is 0 Å². The van der Waals surface area contributed by atoms with E-state index >= 15 is 0 Å². The summed E-state index contributed by atoms with van der Waals surface area (Å²) in [6.07, 6.45) is 3.22. The van der Waals surface area contributed by atoms with E-state index in [2.05, 4.69) is 31.4 Å². The van der Waals surface area contributed by atoms with Crippen LogP contribution in [-0.2, 0) is 0 Å². The predicted octanol–water partition coefficient (Wildman–Crippen LogP) is 1.13. The summed E-state index contributed by atoms with van der Waals surface area (Å²) in [6, 6.07) is 0. The number of nitrogens with one attached hydrogen (secondary N) is 2. The number of rotatable bonds is 8. The first-order valence-corrected chi connectivity index (χ1v) is 5.63. The first kappa shape index (κ1) is 13.9. The lowest BCUT2D eigenvalue weighted by atomic mass is 10.1. The van der Waals surface area contributed by atoms with Crippen LogP contribution in [-0.4, -0.2) is 36.9 Å². The molecule has 0 aliphatic carbocycles. The molecule has 0 aromatic rings. The SMILES string of the molecule is CC(C)(C)NCCNCCCCCO. The quantitative estimate of drug-likeness (QED) is 0.517. The summed E-state index contributed by atoms with van der Waals surface area (Å²) < 4.78 is 0. The van der Waals surface area contributed by atoms with Crippen LogP contribution in [0.3, 0.4) is 0 Å². The van der Waals surface area contributed by atoms with E-state index in [9.17, 15) is 0 Å². The zero-order valence-corrected chi connectivity index (χ0v) is 9.90. The third-order valence-electron chi connectivity index (χ3n) is 1.97. The molecule has 0 aliphatic rings. The Hall–Kier alpha value is -0.120. The molecular weight excluding hydrogens is 176 g/mol. The third-order valence-corrected chi connectivity index (χ3v) is 1.97. The first-order chi connectivity index (χ1) is 6.56. The Kier molecular flexibility index (Phi) is 8.14. The van der Waals surface area contributed by atoms with Gasteiger partial charge in [0.25, 0.3) is 0 Å². The summed E-state index contributed by atoms with van der Waals surface area (Å²) in [5, 5.41) is 15.4. The molecule has 0 heterocycles. The molecule has 0 saturated carbocycles. The van der Waals surface area contributed by atoms with Gasteiger partial charge in [-0.05, 0) is 46.6 Å². The molecule has 86 valence electrons. The molecule has 0 rings (SSSR count). The normalized spacial score (nSPS) is 12.0. The van der Waals surface area contributed by atoms with E-state index in [4.69, 9.17) is 5.11 Å². The predicted molar refractivity (Wildman–Crippen MR) is 61.6 cm³/mol. The molecule has 0 aromatic carbocycles. The Morgan fingerprint density at radius 1 is 0.929 bits per heavy atom. The maximum Gasteiger partial charge on any atom is 0.0431 e. The summed E-state index contributed by atoms with van der Waals surface area (Å²) in [5.41, 5.74) is 0.221. The van der Waals surface area contributed by atoms with Crippen molar-refractivity contribution in [1.29, 1.82) is 0 Å². The van der Waals surface area contributed by atoms with Crippen molar-refractivity contribution in [2.45, 2.75) is 45.6 Å².